The number of benzene rings is 1. The second kappa shape index (κ2) is 7.51. The van der Waals surface area contributed by atoms with E-state index in [0.29, 0.717) is 29.5 Å². The SMILES string of the molecule is NC1CCC(Cc2ncc3nnn(-c4ccc(N5CCCC5=O)cc4)c3n2)CC1. The van der Waals surface area contributed by atoms with Gasteiger partial charge in [0.05, 0.1) is 11.9 Å². The number of nitrogens with zero attached hydrogens (tertiary/aromatic N) is 6. The summed E-state index contributed by atoms with van der Waals surface area (Å²) in [5.41, 5.74) is 9.21. The Bertz CT molecular complexity index is 1020. The van der Waals surface area contributed by atoms with Crippen LogP contribution in [-0.4, -0.2) is 43.5 Å². The fourth-order valence-electron chi connectivity index (χ4n) is 4.38. The number of amides is 1. The van der Waals surface area contributed by atoms with Gasteiger partial charge in [-0.25, -0.2) is 9.97 Å². The van der Waals surface area contributed by atoms with Crippen LogP contribution in [0, 0.1) is 5.92 Å². The molecule has 1 aliphatic heterocycles. The van der Waals surface area contributed by atoms with Crippen molar-refractivity contribution in [3.05, 3.63) is 36.3 Å². The lowest BCUT2D eigenvalue weighted by molar-refractivity contribution is -0.117. The molecule has 2 N–H and O–H groups in total. The summed E-state index contributed by atoms with van der Waals surface area (Å²) in [7, 11) is 0. The number of hydrogen-bond donors (Lipinski definition) is 1. The minimum absolute atomic E-state index is 0.185. The number of nitrogens with two attached hydrogens (primary N) is 1. The van der Waals surface area contributed by atoms with Gasteiger partial charge in [0, 0.05) is 31.1 Å². The van der Waals surface area contributed by atoms with Crippen LogP contribution >= 0.6 is 0 Å². The van der Waals surface area contributed by atoms with Crippen LogP contribution in [0.1, 0.15) is 44.3 Å². The van der Waals surface area contributed by atoms with E-state index >= 15 is 0 Å². The lowest BCUT2D eigenvalue weighted by atomic mass is 9.84. The van der Waals surface area contributed by atoms with E-state index in [4.69, 9.17) is 10.7 Å². The fraction of sp³-hybridized carbons (Fsp3) is 0.476. The van der Waals surface area contributed by atoms with E-state index < -0.39 is 0 Å². The van der Waals surface area contributed by atoms with Crippen molar-refractivity contribution in [2.75, 3.05) is 11.4 Å². The number of hydrogen-bond acceptors (Lipinski definition) is 6. The Hall–Kier alpha value is -2.87. The summed E-state index contributed by atoms with van der Waals surface area (Å²) < 4.78 is 1.74. The molecule has 2 aromatic heterocycles. The van der Waals surface area contributed by atoms with E-state index in [1.165, 1.54) is 0 Å². The van der Waals surface area contributed by atoms with Crippen LogP contribution in [-0.2, 0) is 11.2 Å². The normalized spacial score (nSPS) is 22.5. The molecular formula is C21H25N7O. The first kappa shape index (κ1) is 18.2. The second-order valence-corrected chi connectivity index (χ2v) is 8.15. The van der Waals surface area contributed by atoms with Crippen LogP contribution in [0.2, 0.25) is 0 Å². The van der Waals surface area contributed by atoms with Gasteiger partial charge < -0.3 is 10.6 Å². The maximum absolute atomic E-state index is 12.0. The number of anilines is 1. The Balaban J connectivity index is 1.39. The van der Waals surface area contributed by atoms with Crippen molar-refractivity contribution < 1.29 is 4.79 Å². The van der Waals surface area contributed by atoms with Crippen LogP contribution in [0.15, 0.2) is 30.5 Å². The first-order valence-corrected chi connectivity index (χ1v) is 10.4. The monoisotopic (exact) mass is 391 g/mol. The van der Waals surface area contributed by atoms with Gasteiger partial charge in [-0.3, -0.25) is 4.79 Å². The zero-order valence-electron chi connectivity index (χ0n) is 16.4. The summed E-state index contributed by atoms with van der Waals surface area (Å²) in [5.74, 6) is 1.61. The summed E-state index contributed by atoms with van der Waals surface area (Å²) in [5, 5.41) is 8.48. The molecule has 29 heavy (non-hydrogen) atoms. The van der Waals surface area contributed by atoms with Crippen molar-refractivity contribution in [3.8, 4) is 5.69 Å². The quantitative estimate of drug-likeness (QED) is 0.732. The maximum atomic E-state index is 12.0. The first-order valence-electron chi connectivity index (χ1n) is 10.4. The molecule has 2 aliphatic rings. The van der Waals surface area contributed by atoms with Gasteiger partial charge in [-0.15, -0.1) is 5.10 Å². The Morgan fingerprint density at radius 3 is 2.55 bits per heavy atom. The molecule has 2 fully saturated rings. The third kappa shape index (κ3) is 3.60. The molecule has 8 nitrogen and oxygen atoms in total. The van der Waals surface area contributed by atoms with Gasteiger partial charge in [-0.05, 0) is 62.3 Å². The van der Waals surface area contributed by atoms with E-state index in [9.17, 15) is 4.79 Å². The number of rotatable bonds is 4. The smallest absolute Gasteiger partial charge is 0.227 e. The van der Waals surface area contributed by atoms with Crippen LogP contribution in [0.25, 0.3) is 16.9 Å². The highest BCUT2D eigenvalue weighted by molar-refractivity contribution is 5.95. The van der Waals surface area contributed by atoms with E-state index in [0.717, 1.165) is 62.3 Å². The molecule has 0 bridgehead atoms. The minimum atomic E-state index is 0.185. The topological polar surface area (TPSA) is 103 Å². The summed E-state index contributed by atoms with van der Waals surface area (Å²) in [6.45, 7) is 0.785. The summed E-state index contributed by atoms with van der Waals surface area (Å²) in [4.78, 5) is 23.1. The van der Waals surface area contributed by atoms with Crippen molar-refractivity contribution in [3.63, 3.8) is 0 Å². The van der Waals surface area contributed by atoms with Crippen molar-refractivity contribution in [2.45, 2.75) is 51.0 Å². The molecule has 1 aliphatic carbocycles. The Kier molecular flexibility index (Phi) is 4.71. The van der Waals surface area contributed by atoms with Crippen molar-refractivity contribution in [1.29, 1.82) is 0 Å². The highest BCUT2D eigenvalue weighted by Crippen LogP contribution is 2.26. The highest BCUT2D eigenvalue weighted by atomic mass is 16.2. The van der Waals surface area contributed by atoms with Gasteiger partial charge in [-0.1, -0.05) is 5.21 Å². The van der Waals surface area contributed by atoms with Gasteiger partial charge in [0.15, 0.2) is 11.2 Å². The number of fused-ring (bicyclic) bond motifs is 1. The summed E-state index contributed by atoms with van der Waals surface area (Å²) in [6, 6.07) is 8.18. The summed E-state index contributed by atoms with van der Waals surface area (Å²) >= 11 is 0. The molecule has 0 radical (unpaired) electrons. The summed E-state index contributed by atoms with van der Waals surface area (Å²) in [6.07, 6.45) is 8.60. The van der Waals surface area contributed by atoms with E-state index in [1.54, 1.807) is 10.9 Å². The van der Waals surface area contributed by atoms with Crippen molar-refractivity contribution >= 4 is 22.8 Å². The molecule has 3 aromatic rings. The predicted octanol–water partition coefficient (Wildman–Crippen LogP) is 2.40. The lowest BCUT2D eigenvalue weighted by Gasteiger charge is -2.25. The van der Waals surface area contributed by atoms with Gasteiger partial charge in [-0.2, -0.15) is 4.68 Å². The van der Waals surface area contributed by atoms with Crippen molar-refractivity contribution in [1.82, 2.24) is 25.0 Å². The third-order valence-electron chi connectivity index (χ3n) is 6.08. The molecule has 0 unspecified atom stereocenters. The molecule has 0 spiro atoms. The van der Waals surface area contributed by atoms with Crippen LogP contribution in [0.3, 0.4) is 0 Å². The standard InChI is InChI=1S/C21H25N7O/c22-15-5-3-14(4-6-15)12-19-23-13-18-21(24-19)28(26-25-18)17-9-7-16(8-10-17)27-11-1-2-20(27)29/h7-10,13-15H,1-6,11-12,22H2. The molecule has 1 saturated heterocycles. The predicted molar refractivity (Wildman–Crippen MR) is 110 cm³/mol. The van der Waals surface area contributed by atoms with Crippen LogP contribution in [0.4, 0.5) is 5.69 Å². The molecule has 1 aromatic carbocycles. The van der Waals surface area contributed by atoms with Gasteiger partial charge in [0.2, 0.25) is 5.91 Å². The van der Waals surface area contributed by atoms with Gasteiger partial charge >= 0.3 is 0 Å². The molecule has 0 atom stereocenters. The molecule has 1 amide bonds. The van der Waals surface area contributed by atoms with Gasteiger partial charge in [0.1, 0.15) is 5.82 Å². The largest absolute Gasteiger partial charge is 0.328 e. The Morgan fingerprint density at radius 2 is 1.83 bits per heavy atom. The molecule has 5 rings (SSSR count). The maximum Gasteiger partial charge on any atom is 0.227 e. The van der Waals surface area contributed by atoms with Crippen LogP contribution < -0.4 is 10.6 Å². The Labute approximate surface area is 169 Å². The van der Waals surface area contributed by atoms with E-state index in [2.05, 4.69) is 15.3 Å². The first-order chi connectivity index (χ1) is 14.2. The molecule has 150 valence electrons. The number of aromatic nitrogens is 5. The number of carbonyl (C=O) groups is 1. The molecule has 8 heteroatoms. The van der Waals surface area contributed by atoms with E-state index in [1.807, 2.05) is 29.2 Å². The molecular weight excluding hydrogens is 366 g/mol. The second-order valence-electron chi connectivity index (χ2n) is 8.15. The van der Waals surface area contributed by atoms with Gasteiger partial charge in [0.25, 0.3) is 0 Å². The Morgan fingerprint density at radius 1 is 1.07 bits per heavy atom. The van der Waals surface area contributed by atoms with Crippen molar-refractivity contribution in [2.24, 2.45) is 11.7 Å². The average Bonchev–Trinajstić information content (AvgIpc) is 3.36. The zero-order chi connectivity index (χ0) is 19.8. The zero-order valence-corrected chi connectivity index (χ0v) is 16.4. The van der Waals surface area contributed by atoms with E-state index in [-0.39, 0.29) is 5.91 Å². The lowest BCUT2D eigenvalue weighted by Crippen LogP contribution is -2.27. The molecule has 3 heterocycles. The fourth-order valence-corrected chi connectivity index (χ4v) is 4.38. The molecule has 1 saturated carbocycles. The number of carbonyl (C=O) groups excluding carboxylic acids is 1. The average molecular weight is 391 g/mol. The third-order valence-corrected chi connectivity index (χ3v) is 6.08. The highest BCUT2D eigenvalue weighted by Gasteiger charge is 2.22. The minimum Gasteiger partial charge on any atom is -0.328 e. The van der Waals surface area contributed by atoms with Crippen LogP contribution in [0.5, 0.6) is 0 Å².